The lowest BCUT2D eigenvalue weighted by Crippen LogP contribution is -2.43. The first kappa shape index (κ1) is 21.8. The minimum atomic E-state index is -0.394. The Hall–Kier alpha value is -2.94. The number of aromatic nitrogens is 2. The number of hydrogen-bond acceptors (Lipinski definition) is 5. The van der Waals surface area contributed by atoms with E-state index in [9.17, 15) is 19.2 Å². The van der Waals surface area contributed by atoms with Gasteiger partial charge in [0.1, 0.15) is 6.54 Å². The van der Waals surface area contributed by atoms with Gasteiger partial charge in [-0.05, 0) is 32.4 Å². The van der Waals surface area contributed by atoms with Crippen molar-refractivity contribution < 1.29 is 9.59 Å². The number of carbonyl (C=O) groups is 2. The lowest BCUT2D eigenvalue weighted by Gasteiger charge is -2.25. The van der Waals surface area contributed by atoms with Gasteiger partial charge in [-0.2, -0.15) is 0 Å². The first-order chi connectivity index (χ1) is 14.4. The molecule has 0 atom stereocenters. The van der Waals surface area contributed by atoms with E-state index in [0.717, 1.165) is 17.6 Å². The molecule has 1 aliphatic heterocycles. The average molecular weight is 415 g/mol. The van der Waals surface area contributed by atoms with Crippen LogP contribution in [0.15, 0.2) is 33.9 Å². The van der Waals surface area contributed by atoms with E-state index in [1.54, 1.807) is 34.1 Å². The monoisotopic (exact) mass is 415 g/mol. The van der Waals surface area contributed by atoms with Crippen LogP contribution in [0, 0.1) is 0 Å². The molecule has 1 saturated heterocycles. The predicted octanol–water partition coefficient (Wildman–Crippen LogP) is 0.0925. The zero-order chi connectivity index (χ0) is 21.7. The number of hydrogen-bond donors (Lipinski definition) is 1. The van der Waals surface area contributed by atoms with Gasteiger partial charge in [0.2, 0.25) is 11.8 Å². The van der Waals surface area contributed by atoms with E-state index < -0.39 is 5.56 Å². The number of nitrogens with one attached hydrogen (secondary N) is 1. The minimum absolute atomic E-state index is 0.0973. The average Bonchev–Trinajstić information content (AvgIpc) is 2.98. The largest absolute Gasteiger partial charge is 0.342 e. The molecule has 30 heavy (non-hydrogen) atoms. The third-order valence-corrected chi connectivity index (χ3v) is 5.59. The summed E-state index contributed by atoms with van der Waals surface area (Å²) in [6.45, 7) is 7.81. The highest BCUT2D eigenvalue weighted by molar-refractivity contribution is 5.81. The normalized spacial score (nSPS) is 15.2. The fourth-order valence-electron chi connectivity index (χ4n) is 3.84. The first-order valence-electron chi connectivity index (χ1n) is 10.4. The van der Waals surface area contributed by atoms with Crippen molar-refractivity contribution in [2.24, 2.45) is 0 Å². The zero-order valence-corrected chi connectivity index (χ0v) is 17.6. The Labute approximate surface area is 174 Å². The van der Waals surface area contributed by atoms with Crippen LogP contribution >= 0.6 is 0 Å². The summed E-state index contributed by atoms with van der Waals surface area (Å²) in [5.74, 6) is -0.125. The Morgan fingerprint density at radius 1 is 0.967 bits per heavy atom. The minimum Gasteiger partial charge on any atom is -0.342 e. The van der Waals surface area contributed by atoms with Gasteiger partial charge >= 0.3 is 0 Å². The lowest BCUT2D eigenvalue weighted by molar-refractivity contribution is -0.132. The van der Waals surface area contributed by atoms with Crippen molar-refractivity contribution in [2.45, 2.75) is 26.8 Å². The number of fused-ring (bicyclic) bond motifs is 1. The topological polar surface area (TPSA) is 98.7 Å². The van der Waals surface area contributed by atoms with Crippen LogP contribution in [0.5, 0.6) is 0 Å². The molecule has 162 valence electrons. The Morgan fingerprint density at radius 3 is 2.37 bits per heavy atom. The van der Waals surface area contributed by atoms with E-state index in [1.807, 2.05) is 13.8 Å². The number of carbonyl (C=O) groups excluding carboxylic acids is 2. The summed E-state index contributed by atoms with van der Waals surface area (Å²) in [5, 5.41) is 3.12. The van der Waals surface area contributed by atoms with Crippen LogP contribution in [0.3, 0.4) is 0 Å². The molecule has 1 aromatic carbocycles. The van der Waals surface area contributed by atoms with Crippen LogP contribution in [-0.2, 0) is 16.1 Å². The Balaban J connectivity index is 1.65. The van der Waals surface area contributed by atoms with Crippen LogP contribution in [-0.4, -0.2) is 82.1 Å². The second kappa shape index (κ2) is 9.71. The molecule has 0 bridgehead atoms. The van der Waals surface area contributed by atoms with E-state index in [-0.39, 0.29) is 23.9 Å². The fraction of sp³-hybridized carbons (Fsp3) is 0.524. The van der Waals surface area contributed by atoms with E-state index in [2.05, 4.69) is 10.00 Å². The summed E-state index contributed by atoms with van der Waals surface area (Å²) in [6.07, 6.45) is 0.750. The van der Waals surface area contributed by atoms with Crippen molar-refractivity contribution in [3.8, 4) is 0 Å². The molecule has 0 spiro atoms. The molecule has 1 N–H and O–H groups in total. The zero-order valence-electron chi connectivity index (χ0n) is 17.6. The van der Waals surface area contributed by atoms with Gasteiger partial charge in [0.15, 0.2) is 0 Å². The predicted molar refractivity (Wildman–Crippen MR) is 114 cm³/mol. The lowest BCUT2D eigenvalue weighted by atomic mass is 10.2. The molecule has 9 nitrogen and oxygen atoms in total. The molecule has 0 radical (unpaired) electrons. The van der Waals surface area contributed by atoms with Gasteiger partial charge in [-0.15, -0.1) is 0 Å². The Bertz CT molecular complexity index is 1020. The Morgan fingerprint density at radius 2 is 1.67 bits per heavy atom. The van der Waals surface area contributed by atoms with Crippen molar-refractivity contribution >= 4 is 22.6 Å². The number of aromatic amines is 1. The fourth-order valence-corrected chi connectivity index (χ4v) is 3.84. The molecule has 1 aliphatic rings. The van der Waals surface area contributed by atoms with Crippen molar-refractivity contribution in [3.05, 3.63) is 45.0 Å². The third kappa shape index (κ3) is 4.79. The van der Waals surface area contributed by atoms with Crippen molar-refractivity contribution in [2.75, 3.05) is 45.8 Å². The first-order valence-corrected chi connectivity index (χ1v) is 10.4. The van der Waals surface area contributed by atoms with Gasteiger partial charge in [-0.25, -0.2) is 4.68 Å². The molecule has 1 aromatic heterocycles. The highest BCUT2D eigenvalue weighted by atomic mass is 16.2. The molecule has 9 heteroatoms. The standard InChI is InChI=1S/C21H29N5O4/c1-3-24(4-2)18(27)14-23-10-7-11-25(13-12-23)19(28)15-26-21(30)17-9-6-5-8-16(17)20(29)22-26/h5-6,8-9H,3-4,7,10-15H2,1-2H3,(H,22,29). The molecule has 0 aliphatic carbocycles. The highest BCUT2D eigenvalue weighted by Gasteiger charge is 2.22. The second-order valence-electron chi connectivity index (χ2n) is 7.45. The van der Waals surface area contributed by atoms with E-state index in [4.69, 9.17) is 0 Å². The van der Waals surface area contributed by atoms with Crippen LogP contribution in [0.2, 0.25) is 0 Å². The molecule has 1 fully saturated rings. The molecule has 2 amide bonds. The summed E-state index contributed by atoms with van der Waals surface area (Å²) in [5.41, 5.74) is -0.783. The molecule has 2 heterocycles. The molecule has 3 rings (SSSR count). The molecular formula is C21H29N5O4. The van der Waals surface area contributed by atoms with Gasteiger partial charge in [0, 0.05) is 39.3 Å². The van der Waals surface area contributed by atoms with Gasteiger partial charge in [0.05, 0.1) is 17.3 Å². The molecular weight excluding hydrogens is 386 g/mol. The number of rotatable bonds is 6. The van der Waals surface area contributed by atoms with Crippen molar-refractivity contribution in [1.29, 1.82) is 0 Å². The van der Waals surface area contributed by atoms with Gasteiger partial charge in [-0.3, -0.25) is 29.2 Å². The second-order valence-corrected chi connectivity index (χ2v) is 7.45. The summed E-state index contributed by atoms with van der Waals surface area (Å²) in [4.78, 5) is 55.6. The van der Waals surface area contributed by atoms with E-state index >= 15 is 0 Å². The van der Waals surface area contributed by atoms with Crippen molar-refractivity contribution in [1.82, 2.24) is 24.5 Å². The summed E-state index contributed by atoms with van der Waals surface area (Å²) < 4.78 is 1.08. The van der Waals surface area contributed by atoms with Crippen LogP contribution in [0.4, 0.5) is 0 Å². The maximum atomic E-state index is 12.8. The summed E-state index contributed by atoms with van der Waals surface area (Å²) in [7, 11) is 0. The molecule has 0 saturated carbocycles. The van der Waals surface area contributed by atoms with E-state index in [1.165, 1.54) is 0 Å². The third-order valence-electron chi connectivity index (χ3n) is 5.59. The van der Waals surface area contributed by atoms with Crippen LogP contribution in [0.1, 0.15) is 20.3 Å². The van der Waals surface area contributed by atoms with Gasteiger partial charge in [-0.1, -0.05) is 12.1 Å². The summed E-state index contributed by atoms with van der Waals surface area (Å²) >= 11 is 0. The smallest absolute Gasteiger partial charge is 0.273 e. The number of likely N-dealkylation sites (N-methyl/N-ethyl adjacent to an activating group) is 1. The maximum Gasteiger partial charge on any atom is 0.273 e. The highest BCUT2D eigenvalue weighted by Crippen LogP contribution is 2.06. The quantitative estimate of drug-likeness (QED) is 0.721. The van der Waals surface area contributed by atoms with Crippen LogP contribution in [0.25, 0.3) is 10.8 Å². The van der Waals surface area contributed by atoms with E-state index in [0.29, 0.717) is 50.0 Å². The maximum absolute atomic E-state index is 12.8. The Kier molecular flexibility index (Phi) is 7.04. The number of H-pyrrole nitrogens is 1. The van der Waals surface area contributed by atoms with Crippen LogP contribution < -0.4 is 11.1 Å². The number of nitrogens with zero attached hydrogens (tertiary/aromatic N) is 4. The van der Waals surface area contributed by atoms with Gasteiger partial charge < -0.3 is 9.80 Å². The SMILES string of the molecule is CCN(CC)C(=O)CN1CCCN(C(=O)Cn2[nH]c(=O)c3ccccc3c2=O)CC1. The number of benzene rings is 1. The summed E-state index contributed by atoms with van der Waals surface area (Å²) in [6, 6.07) is 6.56. The van der Waals surface area contributed by atoms with Crippen molar-refractivity contribution in [3.63, 3.8) is 0 Å². The number of amides is 2. The molecule has 0 unspecified atom stereocenters. The molecule has 2 aromatic rings. The van der Waals surface area contributed by atoms with Gasteiger partial charge in [0.25, 0.3) is 11.1 Å².